The van der Waals surface area contributed by atoms with Crippen LogP contribution in [0.15, 0.2) is 54.6 Å². The van der Waals surface area contributed by atoms with E-state index in [4.69, 9.17) is 0 Å². The van der Waals surface area contributed by atoms with Gasteiger partial charge >= 0.3 is 6.18 Å². The van der Waals surface area contributed by atoms with Crippen LogP contribution in [0, 0.1) is 0 Å². The zero-order valence-electron chi connectivity index (χ0n) is 13.3. The monoisotopic (exact) mass is 350 g/mol. The highest BCUT2D eigenvalue weighted by Crippen LogP contribution is 2.30. The van der Waals surface area contributed by atoms with Crippen molar-refractivity contribution in [1.82, 2.24) is 5.32 Å². The molecular formula is C18H17F3N2O2. The lowest BCUT2D eigenvalue weighted by molar-refractivity contribution is -0.137. The van der Waals surface area contributed by atoms with Gasteiger partial charge < -0.3 is 10.6 Å². The number of halogens is 3. The molecule has 132 valence electrons. The second kappa shape index (κ2) is 8.32. The van der Waals surface area contributed by atoms with Crippen molar-refractivity contribution >= 4 is 17.5 Å². The summed E-state index contributed by atoms with van der Waals surface area (Å²) in [5, 5.41) is 4.99. The molecule has 0 aliphatic heterocycles. The van der Waals surface area contributed by atoms with Crippen molar-refractivity contribution in [1.29, 1.82) is 0 Å². The van der Waals surface area contributed by atoms with Crippen molar-refractivity contribution in [2.75, 3.05) is 11.9 Å². The van der Waals surface area contributed by atoms with Gasteiger partial charge in [-0.15, -0.1) is 0 Å². The molecule has 25 heavy (non-hydrogen) atoms. The van der Waals surface area contributed by atoms with Crippen LogP contribution in [0.2, 0.25) is 0 Å². The molecule has 2 rings (SSSR count). The van der Waals surface area contributed by atoms with Gasteiger partial charge in [-0.25, -0.2) is 0 Å². The maximum atomic E-state index is 12.6. The van der Waals surface area contributed by atoms with Gasteiger partial charge in [-0.2, -0.15) is 13.2 Å². The molecule has 2 N–H and O–H groups in total. The lowest BCUT2D eigenvalue weighted by Crippen LogP contribution is -2.28. The van der Waals surface area contributed by atoms with Crippen molar-refractivity contribution in [3.63, 3.8) is 0 Å². The summed E-state index contributed by atoms with van der Waals surface area (Å²) in [4.78, 5) is 23.5. The highest BCUT2D eigenvalue weighted by molar-refractivity contribution is 5.91. The van der Waals surface area contributed by atoms with Gasteiger partial charge in [0.15, 0.2) is 0 Å². The third-order valence-corrected chi connectivity index (χ3v) is 3.36. The van der Waals surface area contributed by atoms with Crippen LogP contribution in [0.5, 0.6) is 0 Å². The Morgan fingerprint density at radius 1 is 0.920 bits per heavy atom. The van der Waals surface area contributed by atoms with Gasteiger partial charge in [-0.05, 0) is 23.8 Å². The highest BCUT2D eigenvalue weighted by Gasteiger charge is 2.30. The summed E-state index contributed by atoms with van der Waals surface area (Å²) < 4.78 is 37.8. The number of carbonyl (C=O) groups excluding carboxylic acids is 2. The van der Waals surface area contributed by atoms with Gasteiger partial charge in [0.2, 0.25) is 11.8 Å². The van der Waals surface area contributed by atoms with Crippen molar-refractivity contribution in [2.45, 2.75) is 19.0 Å². The van der Waals surface area contributed by atoms with E-state index in [0.29, 0.717) is 0 Å². The minimum Gasteiger partial charge on any atom is -0.355 e. The molecule has 0 aromatic heterocycles. The molecule has 0 spiro atoms. The van der Waals surface area contributed by atoms with Gasteiger partial charge in [-0.3, -0.25) is 9.59 Å². The standard InChI is InChI=1S/C18H17F3N2O2/c19-18(20,21)14-7-4-8-15(12-14)23-16(24)9-10-22-17(25)11-13-5-2-1-3-6-13/h1-8,12H,9-11H2,(H,22,25)(H,23,24). The SMILES string of the molecule is O=C(Cc1ccccc1)NCCC(=O)Nc1cccc(C(F)(F)F)c1. The predicted molar refractivity (Wildman–Crippen MR) is 87.8 cm³/mol. The Kier molecular flexibility index (Phi) is 6.16. The molecule has 0 bridgehead atoms. The van der Waals surface area contributed by atoms with Crippen LogP contribution < -0.4 is 10.6 Å². The van der Waals surface area contributed by atoms with Crippen LogP contribution in [-0.2, 0) is 22.2 Å². The fraction of sp³-hybridized carbons (Fsp3) is 0.222. The lowest BCUT2D eigenvalue weighted by atomic mass is 10.1. The first-order chi connectivity index (χ1) is 11.8. The number of hydrogen-bond acceptors (Lipinski definition) is 2. The first kappa shape index (κ1) is 18.5. The summed E-state index contributed by atoms with van der Waals surface area (Å²) in [7, 11) is 0. The van der Waals surface area contributed by atoms with E-state index in [1.165, 1.54) is 12.1 Å². The van der Waals surface area contributed by atoms with Gasteiger partial charge in [-0.1, -0.05) is 36.4 Å². The second-order valence-electron chi connectivity index (χ2n) is 5.39. The average molecular weight is 350 g/mol. The molecule has 2 amide bonds. The van der Waals surface area contributed by atoms with E-state index >= 15 is 0 Å². The van der Waals surface area contributed by atoms with Crippen molar-refractivity contribution in [2.24, 2.45) is 0 Å². The predicted octanol–water partition coefficient (Wildman–Crippen LogP) is 3.39. The van der Waals surface area contributed by atoms with E-state index in [1.807, 2.05) is 30.3 Å². The molecule has 2 aromatic rings. The quantitative estimate of drug-likeness (QED) is 0.839. The molecule has 0 saturated carbocycles. The van der Waals surface area contributed by atoms with Crippen LogP contribution in [0.25, 0.3) is 0 Å². The number of rotatable bonds is 6. The fourth-order valence-corrected chi connectivity index (χ4v) is 2.16. The van der Waals surface area contributed by atoms with Crippen LogP contribution in [-0.4, -0.2) is 18.4 Å². The normalized spacial score (nSPS) is 11.0. The summed E-state index contributed by atoms with van der Waals surface area (Å²) in [5.74, 6) is -0.697. The van der Waals surface area contributed by atoms with Crippen LogP contribution in [0.3, 0.4) is 0 Å². The van der Waals surface area contributed by atoms with E-state index in [0.717, 1.165) is 17.7 Å². The Morgan fingerprint density at radius 3 is 2.32 bits per heavy atom. The van der Waals surface area contributed by atoms with Gasteiger partial charge in [0.1, 0.15) is 0 Å². The zero-order valence-corrected chi connectivity index (χ0v) is 13.3. The van der Waals surface area contributed by atoms with E-state index in [9.17, 15) is 22.8 Å². The molecule has 0 saturated heterocycles. The maximum absolute atomic E-state index is 12.6. The lowest BCUT2D eigenvalue weighted by Gasteiger charge is -2.10. The smallest absolute Gasteiger partial charge is 0.355 e. The first-order valence-corrected chi connectivity index (χ1v) is 7.62. The Morgan fingerprint density at radius 2 is 1.64 bits per heavy atom. The number of anilines is 1. The van der Waals surface area contributed by atoms with E-state index in [-0.39, 0.29) is 31.0 Å². The highest BCUT2D eigenvalue weighted by atomic mass is 19.4. The molecule has 7 heteroatoms. The van der Waals surface area contributed by atoms with Crippen molar-refractivity contribution in [3.8, 4) is 0 Å². The first-order valence-electron chi connectivity index (χ1n) is 7.62. The van der Waals surface area contributed by atoms with Crippen LogP contribution >= 0.6 is 0 Å². The van der Waals surface area contributed by atoms with Gasteiger partial charge in [0, 0.05) is 18.7 Å². The zero-order chi connectivity index (χ0) is 18.3. The Balaban J connectivity index is 1.76. The number of amides is 2. The molecular weight excluding hydrogens is 333 g/mol. The molecule has 0 aliphatic carbocycles. The summed E-state index contributed by atoms with van der Waals surface area (Å²) in [6, 6.07) is 13.5. The third kappa shape index (κ3) is 6.29. The van der Waals surface area contributed by atoms with Gasteiger partial charge in [0.05, 0.1) is 12.0 Å². The molecule has 2 aromatic carbocycles. The molecule has 4 nitrogen and oxygen atoms in total. The number of alkyl halides is 3. The minimum absolute atomic E-state index is 0.0310. The molecule has 0 heterocycles. The molecule has 0 radical (unpaired) electrons. The van der Waals surface area contributed by atoms with E-state index in [1.54, 1.807) is 0 Å². The fourth-order valence-electron chi connectivity index (χ4n) is 2.16. The molecule has 0 fully saturated rings. The van der Waals surface area contributed by atoms with Crippen LogP contribution in [0.4, 0.5) is 18.9 Å². The average Bonchev–Trinajstić information content (AvgIpc) is 2.55. The van der Waals surface area contributed by atoms with E-state index in [2.05, 4.69) is 10.6 Å². The molecule has 0 atom stereocenters. The number of benzene rings is 2. The third-order valence-electron chi connectivity index (χ3n) is 3.36. The van der Waals surface area contributed by atoms with Crippen molar-refractivity contribution in [3.05, 3.63) is 65.7 Å². The number of carbonyl (C=O) groups is 2. The second-order valence-corrected chi connectivity index (χ2v) is 5.39. The number of nitrogens with one attached hydrogen (secondary N) is 2. The topological polar surface area (TPSA) is 58.2 Å². The number of hydrogen-bond donors (Lipinski definition) is 2. The van der Waals surface area contributed by atoms with Crippen LogP contribution in [0.1, 0.15) is 17.5 Å². The largest absolute Gasteiger partial charge is 0.416 e. The Hall–Kier alpha value is -2.83. The Bertz CT molecular complexity index is 731. The van der Waals surface area contributed by atoms with Gasteiger partial charge in [0.25, 0.3) is 0 Å². The summed E-state index contributed by atoms with van der Waals surface area (Å²) in [5.41, 5.74) is 0.0883. The summed E-state index contributed by atoms with van der Waals surface area (Å²) >= 11 is 0. The summed E-state index contributed by atoms with van der Waals surface area (Å²) in [6.45, 7) is 0.108. The molecule has 0 aliphatic rings. The van der Waals surface area contributed by atoms with E-state index < -0.39 is 17.6 Å². The minimum atomic E-state index is -4.47. The molecule has 0 unspecified atom stereocenters. The summed E-state index contributed by atoms with van der Waals surface area (Å²) in [6.07, 6.45) is -4.29. The maximum Gasteiger partial charge on any atom is 0.416 e. The van der Waals surface area contributed by atoms with Crippen molar-refractivity contribution < 1.29 is 22.8 Å². The Labute approximate surface area is 143 Å².